The summed E-state index contributed by atoms with van der Waals surface area (Å²) in [6, 6.07) is 13.1. The van der Waals surface area contributed by atoms with E-state index in [4.69, 9.17) is 4.74 Å². The van der Waals surface area contributed by atoms with Gasteiger partial charge in [0.15, 0.2) is 0 Å². The Morgan fingerprint density at radius 1 is 1.21 bits per heavy atom. The third-order valence-electron chi connectivity index (χ3n) is 2.44. The summed E-state index contributed by atoms with van der Waals surface area (Å²) >= 11 is 0. The van der Waals surface area contributed by atoms with Gasteiger partial charge in [0.1, 0.15) is 0 Å². The summed E-state index contributed by atoms with van der Waals surface area (Å²) in [7, 11) is 1.54. The Labute approximate surface area is 111 Å². The zero-order valence-electron chi connectivity index (χ0n) is 10.5. The Bertz CT molecular complexity index is 562. The second kappa shape index (κ2) is 6.35. The normalized spacial score (nSPS) is 10.4. The highest BCUT2D eigenvalue weighted by molar-refractivity contribution is 6.01. The molecular weight excluding hydrogens is 240 g/mol. The van der Waals surface area contributed by atoms with Gasteiger partial charge in [0, 0.05) is 12.1 Å². The van der Waals surface area contributed by atoms with Crippen molar-refractivity contribution in [1.82, 2.24) is 4.98 Å². The van der Waals surface area contributed by atoms with E-state index in [-0.39, 0.29) is 5.91 Å². The van der Waals surface area contributed by atoms with E-state index in [9.17, 15) is 4.79 Å². The number of rotatable bonds is 4. The van der Waals surface area contributed by atoms with E-state index in [2.05, 4.69) is 10.3 Å². The van der Waals surface area contributed by atoms with Gasteiger partial charge in [-0.2, -0.15) is 0 Å². The Morgan fingerprint density at radius 2 is 2.00 bits per heavy atom. The molecule has 0 fully saturated rings. The number of nitrogens with zero attached hydrogens (tertiary/aromatic N) is 1. The number of nitrogens with one attached hydrogen (secondary N) is 1. The standard InChI is InChI=1S/C15H14N2O2/c1-19-15-10-8-13(11-16-15)17-14(18)9-7-12-5-3-2-4-6-12/h2-11H,1H3,(H,17,18)/b9-7+. The zero-order valence-corrected chi connectivity index (χ0v) is 10.5. The predicted octanol–water partition coefficient (Wildman–Crippen LogP) is 2.74. The van der Waals surface area contributed by atoms with Crippen molar-refractivity contribution in [2.24, 2.45) is 0 Å². The molecule has 0 unspecified atom stereocenters. The van der Waals surface area contributed by atoms with Crippen molar-refractivity contribution in [3.8, 4) is 5.88 Å². The SMILES string of the molecule is COc1ccc(NC(=O)/C=C/c2ccccc2)cn1. The molecule has 0 radical (unpaired) electrons. The number of benzene rings is 1. The number of hydrogen-bond donors (Lipinski definition) is 1. The fourth-order valence-corrected chi connectivity index (χ4v) is 1.49. The van der Waals surface area contributed by atoms with Crippen LogP contribution in [0.25, 0.3) is 6.08 Å². The van der Waals surface area contributed by atoms with Gasteiger partial charge >= 0.3 is 0 Å². The molecule has 1 aromatic carbocycles. The monoisotopic (exact) mass is 254 g/mol. The average molecular weight is 254 g/mol. The summed E-state index contributed by atoms with van der Waals surface area (Å²) < 4.78 is 4.94. The largest absolute Gasteiger partial charge is 0.481 e. The van der Waals surface area contributed by atoms with Crippen LogP contribution in [0.4, 0.5) is 5.69 Å². The molecule has 4 heteroatoms. The molecular formula is C15H14N2O2. The van der Waals surface area contributed by atoms with E-state index in [1.54, 1.807) is 31.5 Å². The number of aromatic nitrogens is 1. The third kappa shape index (κ3) is 3.96. The first-order valence-electron chi connectivity index (χ1n) is 5.82. The molecule has 96 valence electrons. The molecule has 0 spiro atoms. The number of carbonyl (C=O) groups is 1. The topological polar surface area (TPSA) is 51.2 Å². The van der Waals surface area contributed by atoms with Crippen LogP contribution in [0.1, 0.15) is 5.56 Å². The van der Waals surface area contributed by atoms with Crippen LogP contribution < -0.4 is 10.1 Å². The molecule has 0 saturated carbocycles. The van der Waals surface area contributed by atoms with E-state index in [0.29, 0.717) is 11.6 Å². The zero-order chi connectivity index (χ0) is 13.5. The molecule has 0 aliphatic heterocycles. The fraction of sp³-hybridized carbons (Fsp3) is 0.0667. The lowest BCUT2D eigenvalue weighted by atomic mass is 10.2. The van der Waals surface area contributed by atoms with Crippen LogP contribution in [-0.4, -0.2) is 18.0 Å². The first kappa shape index (κ1) is 12.8. The predicted molar refractivity (Wildman–Crippen MR) is 74.9 cm³/mol. The first-order chi connectivity index (χ1) is 9.28. The maximum atomic E-state index is 11.7. The van der Waals surface area contributed by atoms with E-state index in [1.165, 1.54) is 6.08 Å². The van der Waals surface area contributed by atoms with Gasteiger partial charge in [0.05, 0.1) is 19.0 Å². The molecule has 1 N–H and O–H groups in total. The molecule has 0 aliphatic carbocycles. The van der Waals surface area contributed by atoms with Gasteiger partial charge in [0.2, 0.25) is 11.8 Å². The number of anilines is 1. The van der Waals surface area contributed by atoms with Crippen LogP contribution in [0, 0.1) is 0 Å². The number of pyridine rings is 1. The number of carbonyl (C=O) groups excluding carboxylic acids is 1. The van der Waals surface area contributed by atoms with Crippen LogP contribution in [0.5, 0.6) is 5.88 Å². The van der Waals surface area contributed by atoms with Crippen LogP contribution in [0.2, 0.25) is 0 Å². The van der Waals surface area contributed by atoms with E-state index < -0.39 is 0 Å². The number of hydrogen-bond acceptors (Lipinski definition) is 3. The molecule has 2 rings (SSSR count). The second-order valence-corrected chi connectivity index (χ2v) is 3.82. The van der Waals surface area contributed by atoms with Crippen molar-refractivity contribution in [3.05, 3.63) is 60.3 Å². The van der Waals surface area contributed by atoms with Crippen molar-refractivity contribution < 1.29 is 9.53 Å². The van der Waals surface area contributed by atoms with Crippen molar-refractivity contribution in [1.29, 1.82) is 0 Å². The third-order valence-corrected chi connectivity index (χ3v) is 2.44. The van der Waals surface area contributed by atoms with Gasteiger partial charge in [-0.05, 0) is 17.7 Å². The first-order valence-corrected chi connectivity index (χ1v) is 5.82. The lowest BCUT2D eigenvalue weighted by Gasteiger charge is -2.02. The maximum Gasteiger partial charge on any atom is 0.248 e. The summed E-state index contributed by atoms with van der Waals surface area (Å²) in [5.74, 6) is 0.314. The smallest absolute Gasteiger partial charge is 0.248 e. The summed E-state index contributed by atoms with van der Waals surface area (Å²) in [5.41, 5.74) is 1.61. The van der Waals surface area contributed by atoms with Gasteiger partial charge in [-0.25, -0.2) is 4.98 Å². The van der Waals surface area contributed by atoms with Gasteiger partial charge in [0.25, 0.3) is 0 Å². The van der Waals surface area contributed by atoms with Crippen LogP contribution >= 0.6 is 0 Å². The molecule has 2 aromatic rings. The number of amides is 1. The Morgan fingerprint density at radius 3 is 2.63 bits per heavy atom. The summed E-state index contributed by atoms with van der Waals surface area (Å²) in [4.78, 5) is 15.7. The van der Waals surface area contributed by atoms with Crippen molar-refractivity contribution in [2.45, 2.75) is 0 Å². The highest BCUT2D eigenvalue weighted by Gasteiger charge is 1.99. The molecule has 0 saturated heterocycles. The molecule has 1 aromatic heterocycles. The maximum absolute atomic E-state index is 11.7. The highest BCUT2D eigenvalue weighted by atomic mass is 16.5. The minimum Gasteiger partial charge on any atom is -0.481 e. The molecule has 0 aliphatic rings. The number of methoxy groups -OCH3 is 1. The Kier molecular flexibility index (Phi) is 4.29. The van der Waals surface area contributed by atoms with E-state index in [0.717, 1.165) is 5.56 Å². The quantitative estimate of drug-likeness (QED) is 0.853. The fourth-order valence-electron chi connectivity index (χ4n) is 1.49. The second-order valence-electron chi connectivity index (χ2n) is 3.82. The molecule has 4 nitrogen and oxygen atoms in total. The molecule has 0 atom stereocenters. The summed E-state index contributed by atoms with van der Waals surface area (Å²) in [6.45, 7) is 0. The van der Waals surface area contributed by atoms with Crippen molar-refractivity contribution >= 4 is 17.7 Å². The molecule has 1 amide bonds. The van der Waals surface area contributed by atoms with Crippen LogP contribution in [0.15, 0.2) is 54.7 Å². The lowest BCUT2D eigenvalue weighted by molar-refractivity contribution is -0.111. The Balaban J connectivity index is 1.95. The van der Waals surface area contributed by atoms with E-state index in [1.807, 2.05) is 30.3 Å². The van der Waals surface area contributed by atoms with Crippen LogP contribution in [0.3, 0.4) is 0 Å². The molecule has 0 bridgehead atoms. The highest BCUT2D eigenvalue weighted by Crippen LogP contribution is 2.11. The minimum absolute atomic E-state index is 0.198. The van der Waals surface area contributed by atoms with Crippen LogP contribution in [-0.2, 0) is 4.79 Å². The van der Waals surface area contributed by atoms with Crippen molar-refractivity contribution in [2.75, 3.05) is 12.4 Å². The van der Waals surface area contributed by atoms with E-state index >= 15 is 0 Å². The van der Waals surface area contributed by atoms with Gasteiger partial charge in [-0.1, -0.05) is 30.3 Å². The summed E-state index contributed by atoms with van der Waals surface area (Å²) in [6.07, 6.45) is 4.79. The average Bonchev–Trinajstić information content (AvgIpc) is 2.47. The number of ether oxygens (including phenoxy) is 1. The molecule has 19 heavy (non-hydrogen) atoms. The van der Waals surface area contributed by atoms with Gasteiger partial charge in [-0.3, -0.25) is 4.79 Å². The summed E-state index contributed by atoms with van der Waals surface area (Å²) in [5, 5.41) is 2.72. The Hall–Kier alpha value is -2.62. The van der Waals surface area contributed by atoms with Crippen molar-refractivity contribution in [3.63, 3.8) is 0 Å². The lowest BCUT2D eigenvalue weighted by Crippen LogP contribution is -2.07. The minimum atomic E-state index is -0.198. The van der Waals surface area contributed by atoms with Gasteiger partial charge < -0.3 is 10.1 Å². The van der Waals surface area contributed by atoms with Gasteiger partial charge in [-0.15, -0.1) is 0 Å². The molecule has 1 heterocycles.